The summed E-state index contributed by atoms with van der Waals surface area (Å²) in [5.74, 6) is 0.0716. The highest BCUT2D eigenvalue weighted by atomic mass is 35.5. The molecule has 0 fully saturated rings. The molecule has 1 aromatic rings. The SMILES string of the molecule is C=C(CCl)COc1cccnc1[N+](=O)[O-]. The number of hydrogen-bond donors (Lipinski definition) is 0. The van der Waals surface area contributed by atoms with Crippen LogP contribution in [-0.4, -0.2) is 22.4 Å². The maximum absolute atomic E-state index is 10.6. The molecule has 0 aliphatic heterocycles. The average Bonchev–Trinajstić information content (AvgIpc) is 2.26. The summed E-state index contributed by atoms with van der Waals surface area (Å²) in [5.41, 5.74) is 0.648. The molecule has 1 aromatic heterocycles. The zero-order chi connectivity index (χ0) is 11.3. The van der Waals surface area contributed by atoms with Crippen LogP contribution >= 0.6 is 11.6 Å². The van der Waals surface area contributed by atoms with Crippen molar-refractivity contribution in [2.45, 2.75) is 0 Å². The first-order valence-electron chi connectivity index (χ1n) is 4.10. The van der Waals surface area contributed by atoms with E-state index in [-0.39, 0.29) is 24.1 Å². The molecule has 0 saturated heterocycles. The van der Waals surface area contributed by atoms with E-state index >= 15 is 0 Å². The zero-order valence-corrected chi connectivity index (χ0v) is 8.61. The Kier molecular flexibility index (Phi) is 4.05. The molecule has 0 aliphatic rings. The van der Waals surface area contributed by atoms with Crippen molar-refractivity contribution in [1.82, 2.24) is 4.98 Å². The highest BCUT2D eigenvalue weighted by Crippen LogP contribution is 2.23. The lowest BCUT2D eigenvalue weighted by Crippen LogP contribution is -2.04. The van der Waals surface area contributed by atoms with Gasteiger partial charge in [0.25, 0.3) is 0 Å². The Morgan fingerprint density at radius 3 is 3.07 bits per heavy atom. The Morgan fingerprint density at radius 2 is 2.47 bits per heavy atom. The van der Waals surface area contributed by atoms with Crippen LogP contribution < -0.4 is 4.74 Å². The number of pyridine rings is 1. The van der Waals surface area contributed by atoms with Crippen molar-refractivity contribution in [2.75, 3.05) is 12.5 Å². The fraction of sp³-hybridized carbons (Fsp3) is 0.222. The van der Waals surface area contributed by atoms with Crippen molar-refractivity contribution in [3.63, 3.8) is 0 Å². The molecule has 0 bridgehead atoms. The fourth-order valence-corrected chi connectivity index (χ4v) is 0.928. The maximum Gasteiger partial charge on any atom is 0.406 e. The van der Waals surface area contributed by atoms with Crippen LogP contribution in [-0.2, 0) is 0 Å². The minimum Gasteiger partial charge on any atom is -0.481 e. The first-order valence-corrected chi connectivity index (χ1v) is 4.63. The molecule has 0 atom stereocenters. The molecule has 0 N–H and O–H groups in total. The molecule has 1 heterocycles. The molecule has 0 radical (unpaired) electrons. The van der Waals surface area contributed by atoms with Crippen LogP contribution in [0.4, 0.5) is 5.82 Å². The lowest BCUT2D eigenvalue weighted by atomic mass is 10.4. The van der Waals surface area contributed by atoms with Gasteiger partial charge in [-0.25, -0.2) is 0 Å². The quantitative estimate of drug-likeness (QED) is 0.335. The molecular formula is C9H9ClN2O3. The number of rotatable bonds is 5. The van der Waals surface area contributed by atoms with Gasteiger partial charge in [-0.05, 0) is 27.6 Å². The van der Waals surface area contributed by atoms with Gasteiger partial charge in [0.15, 0.2) is 0 Å². The summed E-state index contributed by atoms with van der Waals surface area (Å²) in [5, 5.41) is 10.6. The van der Waals surface area contributed by atoms with Gasteiger partial charge in [0, 0.05) is 5.88 Å². The lowest BCUT2D eigenvalue weighted by molar-refractivity contribution is -0.390. The molecule has 0 spiro atoms. The molecule has 0 amide bonds. The Labute approximate surface area is 91.5 Å². The number of nitro groups is 1. The van der Waals surface area contributed by atoms with Crippen molar-refractivity contribution < 1.29 is 9.66 Å². The van der Waals surface area contributed by atoms with E-state index in [0.717, 1.165) is 0 Å². The molecule has 15 heavy (non-hydrogen) atoms. The van der Waals surface area contributed by atoms with E-state index in [2.05, 4.69) is 11.6 Å². The summed E-state index contributed by atoms with van der Waals surface area (Å²) in [6, 6.07) is 3.04. The highest BCUT2D eigenvalue weighted by Gasteiger charge is 2.15. The number of halogens is 1. The van der Waals surface area contributed by atoms with Crippen LogP contribution in [0.25, 0.3) is 0 Å². The monoisotopic (exact) mass is 228 g/mol. The maximum atomic E-state index is 10.6. The van der Waals surface area contributed by atoms with Gasteiger partial charge in [-0.2, -0.15) is 0 Å². The minimum atomic E-state index is -0.598. The van der Waals surface area contributed by atoms with Crippen molar-refractivity contribution >= 4 is 17.4 Å². The van der Waals surface area contributed by atoms with Crippen LogP contribution in [0.2, 0.25) is 0 Å². The second kappa shape index (κ2) is 5.31. The van der Waals surface area contributed by atoms with Crippen molar-refractivity contribution in [3.8, 4) is 5.75 Å². The third-order valence-corrected chi connectivity index (χ3v) is 1.92. The van der Waals surface area contributed by atoms with Gasteiger partial charge in [-0.3, -0.25) is 0 Å². The normalized spacial score (nSPS) is 9.67. The van der Waals surface area contributed by atoms with Gasteiger partial charge in [-0.15, -0.1) is 11.6 Å². The van der Waals surface area contributed by atoms with Gasteiger partial charge in [-0.1, -0.05) is 6.58 Å². The summed E-state index contributed by atoms with van der Waals surface area (Å²) in [6.45, 7) is 3.76. The van der Waals surface area contributed by atoms with Gasteiger partial charge >= 0.3 is 5.82 Å². The molecule has 0 saturated carbocycles. The molecule has 1 rings (SSSR count). The summed E-state index contributed by atoms with van der Waals surface area (Å²) < 4.78 is 5.16. The van der Waals surface area contributed by atoms with E-state index in [9.17, 15) is 10.1 Å². The van der Waals surface area contributed by atoms with E-state index in [1.807, 2.05) is 0 Å². The second-order valence-electron chi connectivity index (χ2n) is 2.75. The van der Waals surface area contributed by atoms with E-state index < -0.39 is 4.92 Å². The number of aromatic nitrogens is 1. The van der Waals surface area contributed by atoms with Crippen LogP contribution in [0.5, 0.6) is 5.75 Å². The molecule has 0 aromatic carbocycles. The van der Waals surface area contributed by atoms with Gasteiger partial charge in [0.1, 0.15) is 12.8 Å². The predicted molar refractivity (Wildman–Crippen MR) is 56.2 cm³/mol. The molecule has 6 heteroatoms. The smallest absolute Gasteiger partial charge is 0.406 e. The van der Waals surface area contributed by atoms with E-state index in [0.29, 0.717) is 5.57 Å². The number of hydrogen-bond acceptors (Lipinski definition) is 4. The standard InChI is InChI=1S/C9H9ClN2O3/c1-7(5-10)6-15-8-3-2-4-11-9(8)12(13)14/h2-4H,1,5-6H2. The Balaban J connectivity index is 2.76. The molecule has 0 unspecified atom stereocenters. The molecular weight excluding hydrogens is 220 g/mol. The Bertz CT molecular complexity index is 381. The summed E-state index contributed by atoms with van der Waals surface area (Å²) in [4.78, 5) is 13.5. The lowest BCUT2D eigenvalue weighted by Gasteiger charge is -2.05. The van der Waals surface area contributed by atoms with Crippen LogP contribution in [0, 0.1) is 10.1 Å². The highest BCUT2D eigenvalue weighted by molar-refractivity contribution is 6.19. The van der Waals surface area contributed by atoms with Crippen LogP contribution in [0.1, 0.15) is 0 Å². The minimum absolute atomic E-state index is 0.119. The summed E-state index contributed by atoms with van der Waals surface area (Å²) in [7, 11) is 0. The Hall–Kier alpha value is -1.62. The van der Waals surface area contributed by atoms with Gasteiger partial charge in [0.2, 0.25) is 5.75 Å². The van der Waals surface area contributed by atoms with Gasteiger partial charge in [0.05, 0.1) is 0 Å². The fourth-order valence-electron chi connectivity index (χ4n) is 0.850. The molecule has 0 aliphatic carbocycles. The van der Waals surface area contributed by atoms with Gasteiger partial charge < -0.3 is 14.9 Å². The first kappa shape index (κ1) is 11.5. The zero-order valence-electron chi connectivity index (χ0n) is 7.85. The molecule has 80 valence electrons. The number of ether oxygens (including phenoxy) is 1. The van der Waals surface area contributed by atoms with Crippen molar-refractivity contribution in [2.24, 2.45) is 0 Å². The first-order chi connectivity index (χ1) is 7.15. The number of nitrogens with zero attached hydrogens (tertiary/aromatic N) is 2. The van der Waals surface area contributed by atoms with Crippen molar-refractivity contribution in [1.29, 1.82) is 0 Å². The number of alkyl halides is 1. The topological polar surface area (TPSA) is 65.3 Å². The van der Waals surface area contributed by atoms with E-state index in [1.54, 1.807) is 6.07 Å². The largest absolute Gasteiger partial charge is 0.481 e. The summed E-state index contributed by atoms with van der Waals surface area (Å²) in [6.07, 6.45) is 1.33. The average molecular weight is 229 g/mol. The van der Waals surface area contributed by atoms with Crippen LogP contribution in [0.15, 0.2) is 30.5 Å². The van der Waals surface area contributed by atoms with E-state index in [4.69, 9.17) is 16.3 Å². The molecule has 5 nitrogen and oxygen atoms in total. The Morgan fingerprint density at radius 1 is 1.73 bits per heavy atom. The van der Waals surface area contributed by atoms with Crippen molar-refractivity contribution in [3.05, 3.63) is 40.6 Å². The third kappa shape index (κ3) is 3.21. The van der Waals surface area contributed by atoms with Crippen LogP contribution in [0.3, 0.4) is 0 Å². The second-order valence-corrected chi connectivity index (χ2v) is 3.02. The third-order valence-electron chi connectivity index (χ3n) is 1.54. The predicted octanol–water partition coefficient (Wildman–Crippen LogP) is 2.16. The summed E-state index contributed by atoms with van der Waals surface area (Å²) >= 11 is 5.49. The van der Waals surface area contributed by atoms with E-state index in [1.165, 1.54) is 12.3 Å².